The van der Waals surface area contributed by atoms with Crippen LogP contribution in [0.25, 0.3) is 10.9 Å². The molecule has 29 heavy (non-hydrogen) atoms. The predicted molar refractivity (Wildman–Crippen MR) is 110 cm³/mol. The van der Waals surface area contributed by atoms with Gasteiger partial charge in [-0.3, -0.25) is 0 Å². The number of hydrogen-bond acceptors (Lipinski definition) is 4. The first-order valence-electron chi connectivity index (χ1n) is 8.87. The first-order valence-corrected chi connectivity index (χ1v) is 9.24. The highest BCUT2D eigenvalue weighted by Crippen LogP contribution is 2.34. The number of ether oxygens (including phenoxy) is 2. The van der Waals surface area contributed by atoms with Gasteiger partial charge in [0.05, 0.1) is 11.2 Å². The molecule has 0 aliphatic heterocycles. The highest BCUT2D eigenvalue weighted by atomic mass is 35.5. The number of benzene rings is 2. The average molecular weight is 409 g/mol. The van der Waals surface area contributed by atoms with Gasteiger partial charge in [0, 0.05) is 11.5 Å². The molecule has 0 amide bonds. The van der Waals surface area contributed by atoms with Gasteiger partial charge in [-0.15, -0.1) is 0 Å². The zero-order valence-electron chi connectivity index (χ0n) is 15.5. The Morgan fingerprint density at radius 3 is 2.62 bits per heavy atom. The van der Waals surface area contributed by atoms with Gasteiger partial charge in [-0.1, -0.05) is 35.4 Å². The number of aryl methyl sites for hydroxylation is 1. The lowest BCUT2D eigenvalue weighted by Crippen LogP contribution is -1.99. The van der Waals surface area contributed by atoms with Crippen molar-refractivity contribution >= 4 is 28.5 Å². The van der Waals surface area contributed by atoms with E-state index in [2.05, 4.69) is 9.97 Å². The second kappa shape index (κ2) is 7.85. The summed E-state index contributed by atoms with van der Waals surface area (Å²) in [4.78, 5) is 18.5. The summed E-state index contributed by atoms with van der Waals surface area (Å²) in [6, 6.07) is 17.9. The van der Waals surface area contributed by atoms with E-state index in [-0.39, 0.29) is 12.3 Å². The number of hydrogen-bond donors (Lipinski definition) is 2. The zero-order valence-corrected chi connectivity index (χ0v) is 16.2. The lowest BCUT2D eigenvalue weighted by molar-refractivity contribution is 0.0691. The number of rotatable bonds is 6. The maximum Gasteiger partial charge on any atom is 0.352 e. The summed E-state index contributed by atoms with van der Waals surface area (Å²) in [7, 11) is 0. The van der Waals surface area contributed by atoms with Gasteiger partial charge in [-0.2, -0.15) is 0 Å². The molecule has 0 bridgehead atoms. The van der Waals surface area contributed by atoms with E-state index in [1.54, 1.807) is 36.4 Å². The van der Waals surface area contributed by atoms with E-state index < -0.39 is 5.97 Å². The lowest BCUT2D eigenvalue weighted by atomic mass is 10.2. The monoisotopic (exact) mass is 408 g/mol. The lowest BCUT2D eigenvalue weighted by Gasteiger charge is -2.11. The summed E-state index contributed by atoms with van der Waals surface area (Å²) in [6.07, 6.45) is 0. The second-order valence-electron chi connectivity index (χ2n) is 6.53. The van der Waals surface area contributed by atoms with E-state index >= 15 is 0 Å². The van der Waals surface area contributed by atoms with Gasteiger partial charge in [0.2, 0.25) is 0 Å². The van der Waals surface area contributed by atoms with Crippen molar-refractivity contribution in [1.82, 2.24) is 9.97 Å². The third kappa shape index (κ3) is 4.33. The summed E-state index contributed by atoms with van der Waals surface area (Å²) in [5, 5.41) is 10.4. The molecular formula is C22H17ClN2O4. The van der Waals surface area contributed by atoms with E-state index in [0.29, 0.717) is 39.0 Å². The van der Waals surface area contributed by atoms with Gasteiger partial charge in [0.1, 0.15) is 34.7 Å². The van der Waals surface area contributed by atoms with Crippen molar-refractivity contribution in [3.63, 3.8) is 0 Å². The molecule has 0 spiro atoms. The fraction of sp³-hybridized carbons (Fsp3) is 0.0909. The maximum absolute atomic E-state index is 11.4. The summed E-state index contributed by atoms with van der Waals surface area (Å²) < 4.78 is 11.9. The molecule has 4 rings (SSSR count). The van der Waals surface area contributed by atoms with Gasteiger partial charge >= 0.3 is 5.97 Å². The maximum atomic E-state index is 11.4. The average Bonchev–Trinajstić information content (AvgIpc) is 3.13. The van der Waals surface area contributed by atoms with E-state index in [1.165, 1.54) is 0 Å². The third-order valence-electron chi connectivity index (χ3n) is 4.30. The quantitative estimate of drug-likeness (QED) is 0.406. The molecule has 2 aromatic heterocycles. The van der Waals surface area contributed by atoms with Crippen molar-refractivity contribution < 1.29 is 19.4 Å². The van der Waals surface area contributed by atoms with Crippen molar-refractivity contribution in [2.45, 2.75) is 13.5 Å². The number of nitrogens with one attached hydrogen (secondary N) is 1. The SMILES string of the molecule is Cc1ccc(Oc2cc(OCc3cccc(Cl)n3)c3[nH]c(C(=O)O)cc3c2)cc1. The van der Waals surface area contributed by atoms with Crippen LogP contribution in [0, 0.1) is 6.92 Å². The Balaban J connectivity index is 1.69. The molecule has 0 unspecified atom stereocenters. The first-order chi connectivity index (χ1) is 14.0. The molecular weight excluding hydrogens is 392 g/mol. The van der Waals surface area contributed by atoms with Crippen LogP contribution in [0.1, 0.15) is 21.7 Å². The Hall–Kier alpha value is -3.51. The molecule has 0 radical (unpaired) electrons. The highest BCUT2D eigenvalue weighted by Gasteiger charge is 2.14. The van der Waals surface area contributed by atoms with Gasteiger partial charge in [-0.05, 0) is 43.3 Å². The molecule has 2 aromatic carbocycles. The molecule has 2 heterocycles. The van der Waals surface area contributed by atoms with Crippen LogP contribution >= 0.6 is 11.6 Å². The van der Waals surface area contributed by atoms with Crippen LogP contribution in [0.5, 0.6) is 17.2 Å². The van der Waals surface area contributed by atoms with Crippen molar-refractivity contribution in [1.29, 1.82) is 0 Å². The Morgan fingerprint density at radius 2 is 1.90 bits per heavy atom. The van der Waals surface area contributed by atoms with Crippen LogP contribution in [0.3, 0.4) is 0 Å². The first kappa shape index (κ1) is 18.8. The van der Waals surface area contributed by atoms with Crippen molar-refractivity contribution in [3.8, 4) is 17.2 Å². The number of carbonyl (C=O) groups is 1. The number of nitrogens with zero attached hydrogens (tertiary/aromatic N) is 1. The summed E-state index contributed by atoms with van der Waals surface area (Å²) in [5.41, 5.74) is 2.42. The molecule has 0 aliphatic carbocycles. The van der Waals surface area contributed by atoms with E-state index in [0.717, 1.165) is 5.56 Å². The highest BCUT2D eigenvalue weighted by molar-refractivity contribution is 6.29. The predicted octanol–water partition coefficient (Wildman–Crippen LogP) is 5.59. The molecule has 4 aromatic rings. The number of H-pyrrole nitrogens is 1. The molecule has 7 heteroatoms. The van der Waals surface area contributed by atoms with Crippen molar-refractivity contribution in [2.75, 3.05) is 0 Å². The molecule has 0 saturated carbocycles. The minimum absolute atomic E-state index is 0.0678. The summed E-state index contributed by atoms with van der Waals surface area (Å²) in [6.45, 7) is 2.17. The standard InChI is InChI=1S/C22H17ClN2O4/c1-13-5-7-16(8-6-13)29-17-9-14-10-18(22(26)27)25-21(14)19(11-17)28-12-15-3-2-4-20(23)24-15/h2-11,25H,12H2,1H3,(H,26,27). The normalized spacial score (nSPS) is 10.8. The Labute approximate surface area is 171 Å². The van der Waals surface area contributed by atoms with E-state index in [9.17, 15) is 9.90 Å². The van der Waals surface area contributed by atoms with Gasteiger partial charge < -0.3 is 19.6 Å². The van der Waals surface area contributed by atoms with Gasteiger partial charge in [-0.25, -0.2) is 9.78 Å². The zero-order chi connectivity index (χ0) is 20.4. The third-order valence-corrected chi connectivity index (χ3v) is 4.51. The van der Waals surface area contributed by atoms with E-state index in [4.69, 9.17) is 21.1 Å². The number of carboxylic acid groups (broad SMARTS) is 1. The fourth-order valence-corrected chi connectivity index (χ4v) is 3.08. The molecule has 2 N–H and O–H groups in total. The molecule has 146 valence electrons. The Bertz CT molecular complexity index is 1190. The Morgan fingerprint density at radius 1 is 1.10 bits per heavy atom. The van der Waals surface area contributed by atoms with Crippen molar-refractivity contribution in [3.05, 3.63) is 82.8 Å². The summed E-state index contributed by atoms with van der Waals surface area (Å²) >= 11 is 5.93. The largest absolute Gasteiger partial charge is 0.485 e. The van der Waals surface area contributed by atoms with Crippen LogP contribution in [0.2, 0.25) is 5.15 Å². The molecule has 0 aliphatic rings. The molecule has 0 saturated heterocycles. The van der Waals surface area contributed by atoms with Crippen LogP contribution in [-0.4, -0.2) is 21.0 Å². The minimum Gasteiger partial charge on any atom is -0.485 e. The van der Waals surface area contributed by atoms with Crippen LogP contribution in [0.4, 0.5) is 0 Å². The van der Waals surface area contributed by atoms with Crippen LogP contribution in [0.15, 0.2) is 60.7 Å². The number of fused-ring (bicyclic) bond motifs is 1. The molecule has 0 atom stereocenters. The van der Waals surface area contributed by atoms with Crippen LogP contribution < -0.4 is 9.47 Å². The topological polar surface area (TPSA) is 84.4 Å². The smallest absolute Gasteiger partial charge is 0.352 e. The number of aromatic amines is 1. The number of aromatic nitrogens is 2. The minimum atomic E-state index is -1.05. The second-order valence-corrected chi connectivity index (χ2v) is 6.92. The number of carboxylic acids is 1. The van der Waals surface area contributed by atoms with Gasteiger partial charge in [0.15, 0.2) is 0 Å². The van der Waals surface area contributed by atoms with Crippen molar-refractivity contribution in [2.24, 2.45) is 0 Å². The van der Waals surface area contributed by atoms with Gasteiger partial charge in [0.25, 0.3) is 0 Å². The Kier molecular flexibility index (Phi) is 5.10. The number of halogens is 1. The molecule has 6 nitrogen and oxygen atoms in total. The van der Waals surface area contributed by atoms with E-state index in [1.807, 2.05) is 31.2 Å². The summed E-state index contributed by atoms with van der Waals surface area (Å²) in [5.74, 6) is 0.612. The number of aromatic carboxylic acids is 1. The van der Waals surface area contributed by atoms with Crippen LogP contribution in [-0.2, 0) is 6.61 Å². The fourth-order valence-electron chi connectivity index (χ4n) is 2.90. The number of pyridine rings is 1. The molecule has 0 fully saturated rings.